The van der Waals surface area contributed by atoms with Crippen molar-refractivity contribution in [3.63, 3.8) is 0 Å². The first-order valence-corrected chi connectivity index (χ1v) is 13.8. The molecule has 5 rings (SSSR count). The Morgan fingerprint density at radius 3 is 2.31 bits per heavy atom. The first-order chi connectivity index (χ1) is 19.1. The van der Waals surface area contributed by atoms with E-state index in [4.69, 9.17) is 19.6 Å². The molecule has 2 aliphatic heterocycles. The minimum atomic E-state index is -1.13. The lowest BCUT2D eigenvalue weighted by molar-refractivity contribution is -0.140. The molecule has 3 aromatic carbocycles. The summed E-state index contributed by atoms with van der Waals surface area (Å²) in [5.41, 5.74) is 2.81. The van der Waals surface area contributed by atoms with Crippen LogP contribution in [0.25, 0.3) is 11.1 Å². The van der Waals surface area contributed by atoms with E-state index in [1.807, 2.05) is 59.5 Å². The highest BCUT2D eigenvalue weighted by Gasteiger charge is 2.54. The van der Waals surface area contributed by atoms with E-state index in [1.165, 1.54) is 0 Å². The number of hydrogen-bond donors (Lipinski definition) is 1. The molecule has 2 heterocycles. The molecule has 3 aromatic rings. The van der Waals surface area contributed by atoms with Gasteiger partial charge in [0.15, 0.2) is 11.6 Å². The molecule has 0 saturated carbocycles. The number of aliphatic hydroxyl groups excluding tert-OH is 1. The molecule has 0 unspecified atom stereocenters. The maximum absolute atomic E-state index is 14.2. The van der Waals surface area contributed by atoms with E-state index in [0.29, 0.717) is 31.1 Å². The van der Waals surface area contributed by atoms with Crippen molar-refractivity contribution in [1.29, 1.82) is 0 Å². The van der Waals surface area contributed by atoms with Gasteiger partial charge in [-0.25, -0.2) is 4.99 Å². The number of ether oxygens (including phenoxy) is 2. The van der Waals surface area contributed by atoms with Crippen LogP contribution < -0.4 is 4.74 Å². The molecule has 6 heteroatoms. The van der Waals surface area contributed by atoms with Crippen LogP contribution in [0.5, 0.6) is 5.75 Å². The summed E-state index contributed by atoms with van der Waals surface area (Å²) in [5, 5.41) is 9.01. The molecule has 1 N–H and O–H groups in total. The van der Waals surface area contributed by atoms with Crippen LogP contribution in [0, 0.1) is 0 Å². The summed E-state index contributed by atoms with van der Waals surface area (Å²) in [7, 11) is 0. The summed E-state index contributed by atoms with van der Waals surface area (Å²) in [5.74, 6) is 1.15. The van der Waals surface area contributed by atoms with Crippen molar-refractivity contribution in [2.24, 2.45) is 4.99 Å². The molecular formula is C33H36N2O4. The lowest BCUT2D eigenvalue weighted by Crippen LogP contribution is -2.51. The Morgan fingerprint density at radius 1 is 0.974 bits per heavy atom. The van der Waals surface area contributed by atoms with Gasteiger partial charge in [0.05, 0.1) is 6.61 Å². The Morgan fingerprint density at radius 2 is 1.64 bits per heavy atom. The van der Waals surface area contributed by atoms with Gasteiger partial charge in [-0.05, 0) is 60.2 Å². The summed E-state index contributed by atoms with van der Waals surface area (Å²) in [6, 6.07) is 26.0. The number of nitrogens with zero attached hydrogens (tertiary/aromatic N) is 2. The van der Waals surface area contributed by atoms with Gasteiger partial charge in [0.2, 0.25) is 5.90 Å². The van der Waals surface area contributed by atoms with Crippen molar-refractivity contribution in [2.45, 2.75) is 43.7 Å². The smallest absolute Gasteiger partial charge is 0.255 e. The number of carbonyl (C=O) groups excluding carboxylic acids is 1. The van der Waals surface area contributed by atoms with Crippen molar-refractivity contribution in [1.82, 2.24) is 4.90 Å². The number of piperidine rings is 1. The van der Waals surface area contributed by atoms with Crippen LogP contribution in [0.15, 0.2) is 96.5 Å². The standard InChI is InChI=1S/C33H36N2O4/c1-2-20-33(32(37)35-21-7-4-8-22-35)30(27-14-12-26(13-15-27)25-10-5-3-6-11-25)39-31(34-33)28-16-18-29(19-17-28)38-24-9-23-36/h2-3,5-6,10-19,30,36H,1,4,7-9,20-24H2/t30-,33-/m1/s1. The molecule has 0 aliphatic carbocycles. The van der Waals surface area contributed by atoms with Crippen LogP contribution in [0.4, 0.5) is 0 Å². The van der Waals surface area contributed by atoms with Gasteiger partial charge < -0.3 is 19.5 Å². The Hall–Kier alpha value is -3.90. The van der Waals surface area contributed by atoms with Crippen LogP contribution in [0.1, 0.15) is 49.3 Å². The van der Waals surface area contributed by atoms with E-state index in [-0.39, 0.29) is 12.5 Å². The molecule has 1 fully saturated rings. The lowest BCUT2D eigenvalue weighted by Gasteiger charge is -2.36. The van der Waals surface area contributed by atoms with E-state index in [0.717, 1.165) is 54.6 Å². The van der Waals surface area contributed by atoms with E-state index in [9.17, 15) is 4.79 Å². The summed E-state index contributed by atoms with van der Waals surface area (Å²) in [4.78, 5) is 21.2. The molecule has 39 heavy (non-hydrogen) atoms. The molecule has 6 nitrogen and oxygen atoms in total. The maximum atomic E-state index is 14.2. The predicted octanol–water partition coefficient (Wildman–Crippen LogP) is 5.96. The van der Waals surface area contributed by atoms with Crippen molar-refractivity contribution < 1.29 is 19.4 Å². The zero-order chi connectivity index (χ0) is 27.1. The Kier molecular flexibility index (Phi) is 8.42. The molecule has 1 saturated heterocycles. The third kappa shape index (κ3) is 5.76. The van der Waals surface area contributed by atoms with Gasteiger partial charge in [-0.3, -0.25) is 4.79 Å². The Bertz CT molecular complexity index is 1280. The van der Waals surface area contributed by atoms with E-state index in [2.05, 4.69) is 30.8 Å². The first-order valence-electron chi connectivity index (χ1n) is 13.8. The SMILES string of the molecule is C=CC[C@@]1(C(=O)N2CCCCC2)N=C(c2ccc(OCCCO)cc2)O[C@@H]1c1ccc(-c2ccccc2)cc1. The van der Waals surface area contributed by atoms with E-state index in [1.54, 1.807) is 6.08 Å². The second kappa shape index (κ2) is 12.3. The van der Waals surface area contributed by atoms with Crippen molar-refractivity contribution >= 4 is 11.8 Å². The van der Waals surface area contributed by atoms with Gasteiger partial charge in [-0.2, -0.15) is 0 Å². The Labute approximate surface area is 230 Å². The van der Waals surface area contributed by atoms with Gasteiger partial charge in [0, 0.05) is 38.1 Å². The normalized spacial score (nSPS) is 20.7. The van der Waals surface area contributed by atoms with Crippen LogP contribution in [0.2, 0.25) is 0 Å². The average molecular weight is 525 g/mol. The fraction of sp³-hybridized carbons (Fsp3) is 0.333. The van der Waals surface area contributed by atoms with Crippen molar-refractivity contribution in [3.8, 4) is 16.9 Å². The number of carbonyl (C=O) groups is 1. The summed E-state index contributed by atoms with van der Waals surface area (Å²) in [6.07, 6.45) is 5.29. The van der Waals surface area contributed by atoms with Crippen LogP contribution >= 0.6 is 0 Å². The van der Waals surface area contributed by atoms with Crippen molar-refractivity contribution in [3.05, 3.63) is 103 Å². The topological polar surface area (TPSA) is 71.4 Å². The predicted molar refractivity (Wildman–Crippen MR) is 154 cm³/mol. The average Bonchev–Trinajstić information content (AvgIpc) is 3.39. The minimum absolute atomic E-state index is 0.00167. The molecule has 2 atom stereocenters. The van der Waals surface area contributed by atoms with Gasteiger partial charge in [-0.15, -0.1) is 6.58 Å². The van der Waals surface area contributed by atoms with Crippen molar-refractivity contribution in [2.75, 3.05) is 26.3 Å². The highest BCUT2D eigenvalue weighted by atomic mass is 16.5. The third-order valence-electron chi connectivity index (χ3n) is 7.43. The monoisotopic (exact) mass is 524 g/mol. The second-order valence-corrected chi connectivity index (χ2v) is 10.1. The largest absolute Gasteiger partial charge is 0.494 e. The summed E-state index contributed by atoms with van der Waals surface area (Å²) < 4.78 is 12.3. The number of hydrogen-bond acceptors (Lipinski definition) is 5. The van der Waals surface area contributed by atoms with Crippen LogP contribution in [-0.4, -0.2) is 53.7 Å². The van der Waals surface area contributed by atoms with E-state index < -0.39 is 11.6 Å². The number of aliphatic hydroxyl groups is 1. The highest BCUT2D eigenvalue weighted by Crippen LogP contribution is 2.44. The lowest BCUT2D eigenvalue weighted by atomic mass is 9.83. The molecule has 2 aliphatic rings. The fourth-order valence-electron chi connectivity index (χ4n) is 5.37. The summed E-state index contributed by atoms with van der Waals surface area (Å²) >= 11 is 0. The van der Waals surface area contributed by atoms with Gasteiger partial charge >= 0.3 is 0 Å². The number of amides is 1. The molecule has 1 amide bonds. The molecule has 0 aromatic heterocycles. The highest BCUT2D eigenvalue weighted by molar-refractivity contribution is 6.01. The molecule has 0 radical (unpaired) electrons. The molecular weight excluding hydrogens is 488 g/mol. The van der Waals surface area contributed by atoms with E-state index >= 15 is 0 Å². The zero-order valence-electron chi connectivity index (χ0n) is 22.3. The number of benzene rings is 3. The van der Waals surface area contributed by atoms with Gasteiger partial charge in [0.25, 0.3) is 5.91 Å². The number of rotatable bonds is 10. The third-order valence-corrected chi connectivity index (χ3v) is 7.43. The molecule has 0 bridgehead atoms. The van der Waals surface area contributed by atoms with Crippen LogP contribution in [0.3, 0.4) is 0 Å². The zero-order valence-corrected chi connectivity index (χ0v) is 22.3. The fourth-order valence-corrected chi connectivity index (χ4v) is 5.37. The van der Waals surface area contributed by atoms with Gasteiger partial charge in [-0.1, -0.05) is 60.7 Å². The minimum Gasteiger partial charge on any atom is -0.494 e. The molecule has 202 valence electrons. The molecule has 0 spiro atoms. The van der Waals surface area contributed by atoms with Crippen LogP contribution in [-0.2, 0) is 9.53 Å². The number of likely N-dealkylation sites (tertiary alicyclic amines) is 1. The van der Waals surface area contributed by atoms with Gasteiger partial charge in [0.1, 0.15) is 5.75 Å². The maximum Gasteiger partial charge on any atom is 0.255 e. The first kappa shape index (κ1) is 26.7. The number of aliphatic imine (C=N–C) groups is 1. The quantitative estimate of drug-likeness (QED) is 0.262. The second-order valence-electron chi connectivity index (χ2n) is 10.1. The summed E-state index contributed by atoms with van der Waals surface area (Å²) in [6.45, 7) is 6.01. The Balaban J connectivity index is 1.50.